The van der Waals surface area contributed by atoms with Crippen LogP contribution < -0.4 is 14.8 Å². The van der Waals surface area contributed by atoms with E-state index in [1.807, 2.05) is 12.1 Å². The topological polar surface area (TPSA) is 99.4 Å². The van der Waals surface area contributed by atoms with Crippen LogP contribution >= 0.6 is 0 Å². The molecule has 0 saturated heterocycles. The van der Waals surface area contributed by atoms with Gasteiger partial charge in [-0.05, 0) is 24.3 Å². The van der Waals surface area contributed by atoms with E-state index in [9.17, 15) is 4.79 Å². The number of nitrogens with one attached hydrogen (secondary N) is 1. The fourth-order valence-corrected chi connectivity index (χ4v) is 2.37. The monoisotopic (exact) mass is 338 g/mol. The minimum absolute atomic E-state index is 0.156. The minimum atomic E-state index is -0.156. The molecule has 1 aromatic carbocycles. The number of anilines is 1. The van der Waals surface area contributed by atoms with Gasteiger partial charge in [0.1, 0.15) is 5.69 Å². The Morgan fingerprint density at radius 3 is 2.96 bits per heavy atom. The van der Waals surface area contributed by atoms with Crippen LogP contribution in [0.15, 0.2) is 47.1 Å². The standard InChI is InChI=1S/C17H14N4O4/c22-15(19-11-4-5-13-14(9-11)24-10-23-13)6-7-16-20-17(21-25-16)12-3-1-2-8-18-12/h1-5,8-9H,6-7,10H2,(H,19,22). The molecular formula is C17H14N4O4. The lowest BCUT2D eigenvalue weighted by Gasteiger charge is -2.05. The molecule has 0 fully saturated rings. The van der Waals surface area contributed by atoms with Crippen molar-refractivity contribution in [3.05, 3.63) is 48.5 Å². The smallest absolute Gasteiger partial charge is 0.231 e. The van der Waals surface area contributed by atoms with Crippen molar-refractivity contribution in [1.82, 2.24) is 15.1 Å². The molecule has 0 bridgehead atoms. The summed E-state index contributed by atoms with van der Waals surface area (Å²) in [5, 5.41) is 6.68. The Morgan fingerprint density at radius 1 is 1.16 bits per heavy atom. The van der Waals surface area contributed by atoms with E-state index >= 15 is 0 Å². The number of amides is 1. The van der Waals surface area contributed by atoms with Crippen LogP contribution in [0.1, 0.15) is 12.3 Å². The highest BCUT2D eigenvalue weighted by molar-refractivity contribution is 5.91. The van der Waals surface area contributed by atoms with E-state index in [-0.39, 0.29) is 19.1 Å². The predicted molar refractivity (Wildman–Crippen MR) is 87.0 cm³/mol. The Bertz CT molecular complexity index is 895. The first-order chi connectivity index (χ1) is 12.3. The Balaban J connectivity index is 1.34. The molecule has 0 unspecified atom stereocenters. The predicted octanol–water partition coefficient (Wildman–Crippen LogP) is 2.43. The van der Waals surface area contributed by atoms with Crippen molar-refractivity contribution in [2.75, 3.05) is 12.1 Å². The summed E-state index contributed by atoms with van der Waals surface area (Å²) in [4.78, 5) is 20.5. The normalized spacial score (nSPS) is 12.2. The second kappa shape index (κ2) is 6.60. The van der Waals surface area contributed by atoms with Crippen molar-refractivity contribution >= 4 is 11.6 Å². The zero-order valence-electron chi connectivity index (χ0n) is 13.1. The molecular weight excluding hydrogens is 324 g/mol. The number of hydrogen-bond acceptors (Lipinski definition) is 7. The van der Waals surface area contributed by atoms with Gasteiger partial charge in [0.15, 0.2) is 11.5 Å². The lowest BCUT2D eigenvalue weighted by Crippen LogP contribution is -2.12. The van der Waals surface area contributed by atoms with Gasteiger partial charge in [0, 0.05) is 30.8 Å². The Kier molecular flexibility index (Phi) is 3.99. The minimum Gasteiger partial charge on any atom is -0.454 e. The molecule has 8 nitrogen and oxygen atoms in total. The van der Waals surface area contributed by atoms with Gasteiger partial charge in [0.25, 0.3) is 0 Å². The van der Waals surface area contributed by atoms with Gasteiger partial charge in [-0.15, -0.1) is 0 Å². The molecule has 0 atom stereocenters. The summed E-state index contributed by atoms with van der Waals surface area (Å²) >= 11 is 0. The third-order valence-electron chi connectivity index (χ3n) is 3.58. The molecule has 8 heteroatoms. The number of aryl methyl sites for hydroxylation is 1. The lowest BCUT2D eigenvalue weighted by atomic mass is 10.2. The average Bonchev–Trinajstić information content (AvgIpc) is 3.30. The summed E-state index contributed by atoms with van der Waals surface area (Å²) < 4.78 is 15.7. The number of fused-ring (bicyclic) bond motifs is 1. The summed E-state index contributed by atoms with van der Waals surface area (Å²) in [6.07, 6.45) is 2.22. The van der Waals surface area contributed by atoms with Crippen LogP contribution in [0.4, 0.5) is 5.69 Å². The average molecular weight is 338 g/mol. The molecule has 2 aromatic heterocycles. The molecule has 1 N–H and O–H groups in total. The lowest BCUT2D eigenvalue weighted by molar-refractivity contribution is -0.116. The van der Waals surface area contributed by atoms with Gasteiger partial charge in [0.2, 0.25) is 24.4 Å². The van der Waals surface area contributed by atoms with Crippen molar-refractivity contribution in [2.45, 2.75) is 12.8 Å². The second-order valence-electron chi connectivity index (χ2n) is 5.34. The number of rotatable bonds is 5. The first kappa shape index (κ1) is 15.1. The summed E-state index contributed by atoms with van der Waals surface area (Å²) in [7, 11) is 0. The van der Waals surface area contributed by atoms with Crippen LogP contribution in [-0.4, -0.2) is 27.8 Å². The molecule has 0 aliphatic carbocycles. The fourth-order valence-electron chi connectivity index (χ4n) is 2.37. The highest BCUT2D eigenvalue weighted by atomic mass is 16.7. The molecule has 4 rings (SSSR count). The third kappa shape index (κ3) is 3.42. The maximum atomic E-state index is 12.1. The number of benzene rings is 1. The molecule has 25 heavy (non-hydrogen) atoms. The third-order valence-corrected chi connectivity index (χ3v) is 3.58. The van der Waals surface area contributed by atoms with Crippen LogP contribution in [0, 0.1) is 0 Å². The van der Waals surface area contributed by atoms with Gasteiger partial charge in [-0.1, -0.05) is 11.2 Å². The summed E-state index contributed by atoms with van der Waals surface area (Å²) in [5.74, 6) is 1.94. The van der Waals surface area contributed by atoms with Gasteiger partial charge in [0.05, 0.1) is 0 Å². The van der Waals surface area contributed by atoms with E-state index in [0.717, 1.165) is 0 Å². The second-order valence-corrected chi connectivity index (χ2v) is 5.34. The Hall–Kier alpha value is -3.42. The number of aromatic nitrogens is 3. The molecule has 3 heterocycles. The molecule has 0 saturated carbocycles. The number of ether oxygens (including phenoxy) is 2. The van der Waals surface area contributed by atoms with Gasteiger partial charge < -0.3 is 19.3 Å². The Labute approximate surface area is 142 Å². The van der Waals surface area contributed by atoms with Crippen molar-refractivity contribution in [3.8, 4) is 23.0 Å². The van der Waals surface area contributed by atoms with E-state index in [0.29, 0.717) is 41.0 Å². The Morgan fingerprint density at radius 2 is 2.08 bits per heavy atom. The van der Waals surface area contributed by atoms with Crippen LogP contribution in [-0.2, 0) is 11.2 Å². The SMILES string of the molecule is O=C(CCc1nc(-c2ccccn2)no1)Nc1ccc2c(c1)OCO2. The number of carbonyl (C=O) groups is 1. The highest BCUT2D eigenvalue weighted by Gasteiger charge is 2.15. The van der Waals surface area contributed by atoms with Crippen LogP contribution in [0.25, 0.3) is 11.5 Å². The van der Waals surface area contributed by atoms with Crippen molar-refractivity contribution in [1.29, 1.82) is 0 Å². The van der Waals surface area contributed by atoms with E-state index in [4.69, 9.17) is 14.0 Å². The fraction of sp³-hybridized carbons (Fsp3) is 0.176. The summed E-state index contributed by atoms with van der Waals surface area (Å²) in [6.45, 7) is 0.197. The van der Waals surface area contributed by atoms with Crippen molar-refractivity contribution in [3.63, 3.8) is 0 Å². The molecule has 1 aliphatic rings. The quantitative estimate of drug-likeness (QED) is 0.762. The maximum Gasteiger partial charge on any atom is 0.231 e. The number of hydrogen-bond donors (Lipinski definition) is 1. The van der Waals surface area contributed by atoms with Gasteiger partial charge >= 0.3 is 0 Å². The van der Waals surface area contributed by atoms with E-state index in [2.05, 4.69) is 20.4 Å². The highest BCUT2D eigenvalue weighted by Crippen LogP contribution is 2.34. The van der Waals surface area contributed by atoms with E-state index in [1.54, 1.807) is 30.5 Å². The molecule has 126 valence electrons. The summed E-state index contributed by atoms with van der Waals surface area (Å²) in [6, 6.07) is 10.7. The first-order valence-electron chi connectivity index (χ1n) is 7.71. The van der Waals surface area contributed by atoms with Crippen molar-refractivity contribution < 1.29 is 18.8 Å². The number of nitrogens with zero attached hydrogens (tertiary/aromatic N) is 3. The molecule has 1 amide bonds. The maximum absolute atomic E-state index is 12.1. The van der Waals surface area contributed by atoms with Crippen LogP contribution in [0.3, 0.4) is 0 Å². The molecule has 0 spiro atoms. The van der Waals surface area contributed by atoms with Gasteiger partial charge in [-0.3, -0.25) is 9.78 Å². The van der Waals surface area contributed by atoms with Gasteiger partial charge in [-0.25, -0.2) is 0 Å². The largest absolute Gasteiger partial charge is 0.454 e. The van der Waals surface area contributed by atoms with Crippen molar-refractivity contribution in [2.24, 2.45) is 0 Å². The number of carbonyl (C=O) groups excluding carboxylic acids is 1. The zero-order chi connectivity index (χ0) is 17.1. The van der Waals surface area contributed by atoms with Crippen LogP contribution in [0.5, 0.6) is 11.5 Å². The zero-order valence-corrected chi connectivity index (χ0v) is 13.1. The first-order valence-corrected chi connectivity index (χ1v) is 7.71. The number of pyridine rings is 1. The summed E-state index contributed by atoms with van der Waals surface area (Å²) in [5.41, 5.74) is 1.27. The van der Waals surface area contributed by atoms with Crippen LogP contribution in [0.2, 0.25) is 0 Å². The molecule has 0 radical (unpaired) electrons. The van der Waals surface area contributed by atoms with E-state index in [1.165, 1.54) is 0 Å². The van der Waals surface area contributed by atoms with E-state index < -0.39 is 0 Å². The molecule has 3 aromatic rings. The molecule has 1 aliphatic heterocycles. The van der Waals surface area contributed by atoms with Gasteiger partial charge in [-0.2, -0.15) is 4.98 Å².